The lowest BCUT2D eigenvalue weighted by atomic mass is 10.1. The topological polar surface area (TPSA) is 46.1 Å². The van der Waals surface area contributed by atoms with Crippen LogP contribution in [0.5, 0.6) is 0 Å². The first-order chi connectivity index (χ1) is 12.3. The normalized spacial score (nSPS) is 10.6. The van der Waals surface area contributed by atoms with Crippen molar-refractivity contribution in [3.05, 3.63) is 97.0 Å². The minimum atomic E-state index is -0.120. The molecule has 25 heavy (non-hydrogen) atoms. The van der Waals surface area contributed by atoms with Crippen LogP contribution < -0.4 is 4.90 Å². The fourth-order valence-corrected chi connectivity index (χ4v) is 2.76. The quantitative estimate of drug-likeness (QED) is 0.552. The third kappa shape index (κ3) is 2.97. The molecule has 4 nitrogen and oxygen atoms in total. The summed E-state index contributed by atoms with van der Waals surface area (Å²) in [6.45, 7) is 0. The van der Waals surface area contributed by atoms with Gasteiger partial charge in [0.25, 0.3) is 5.91 Å². The smallest absolute Gasteiger partial charge is 0.262 e. The van der Waals surface area contributed by atoms with Gasteiger partial charge in [-0.1, -0.05) is 36.4 Å². The molecule has 2 aromatic heterocycles. The minimum absolute atomic E-state index is 0.120. The van der Waals surface area contributed by atoms with Crippen LogP contribution in [0.25, 0.3) is 10.9 Å². The first-order valence-corrected chi connectivity index (χ1v) is 7.97. The molecule has 0 aliphatic rings. The van der Waals surface area contributed by atoms with Gasteiger partial charge in [0.05, 0.1) is 29.3 Å². The van der Waals surface area contributed by atoms with Crippen molar-refractivity contribution < 1.29 is 4.79 Å². The molecule has 0 bridgehead atoms. The SMILES string of the molecule is O=C(c1ccccc1)N(c1cccnc1)c1cnc2ccccc2c1. The van der Waals surface area contributed by atoms with E-state index < -0.39 is 0 Å². The number of anilines is 2. The lowest BCUT2D eigenvalue weighted by Crippen LogP contribution is -2.26. The summed E-state index contributed by atoms with van der Waals surface area (Å²) in [5.41, 5.74) is 2.91. The number of rotatable bonds is 3. The predicted molar refractivity (Wildman–Crippen MR) is 98.9 cm³/mol. The van der Waals surface area contributed by atoms with Crippen molar-refractivity contribution in [3.63, 3.8) is 0 Å². The second-order valence-corrected chi connectivity index (χ2v) is 5.60. The number of hydrogen-bond acceptors (Lipinski definition) is 3. The van der Waals surface area contributed by atoms with Crippen molar-refractivity contribution in [1.82, 2.24) is 9.97 Å². The number of aromatic nitrogens is 2. The Labute approximate surface area is 145 Å². The summed E-state index contributed by atoms with van der Waals surface area (Å²) in [7, 11) is 0. The van der Waals surface area contributed by atoms with Crippen LogP contribution in [0.4, 0.5) is 11.4 Å². The summed E-state index contributed by atoms with van der Waals surface area (Å²) in [5, 5.41) is 0.981. The van der Waals surface area contributed by atoms with Gasteiger partial charge < -0.3 is 0 Å². The lowest BCUT2D eigenvalue weighted by molar-refractivity contribution is 0.0999. The number of para-hydroxylation sites is 1. The molecule has 2 heterocycles. The molecular weight excluding hydrogens is 310 g/mol. The monoisotopic (exact) mass is 325 g/mol. The second-order valence-electron chi connectivity index (χ2n) is 5.60. The maximum absolute atomic E-state index is 13.2. The van der Waals surface area contributed by atoms with Crippen LogP contribution in [0.15, 0.2) is 91.4 Å². The van der Waals surface area contributed by atoms with Gasteiger partial charge in [0.2, 0.25) is 0 Å². The molecule has 0 saturated carbocycles. The Balaban J connectivity index is 1.86. The van der Waals surface area contributed by atoms with Gasteiger partial charge in [-0.15, -0.1) is 0 Å². The first kappa shape index (κ1) is 15.0. The number of carbonyl (C=O) groups excluding carboxylic acids is 1. The van der Waals surface area contributed by atoms with E-state index in [4.69, 9.17) is 0 Å². The molecule has 0 N–H and O–H groups in total. The number of nitrogens with zero attached hydrogens (tertiary/aromatic N) is 3. The van der Waals surface area contributed by atoms with Crippen LogP contribution in [0.1, 0.15) is 10.4 Å². The average Bonchev–Trinajstić information content (AvgIpc) is 2.69. The average molecular weight is 325 g/mol. The summed E-state index contributed by atoms with van der Waals surface area (Å²) >= 11 is 0. The van der Waals surface area contributed by atoms with Crippen molar-refractivity contribution in [2.75, 3.05) is 4.90 Å². The molecule has 0 spiro atoms. The number of hydrogen-bond donors (Lipinski definition) is 0. The third-order valence-corrected chi connectivity index (χ3v) is 3.96. The van der Waals surface area contributed by atoms with Crippen LogP contribution in [0, 0.1) is 0 Å². The molecule has 0 radical (unpaired) electrons. The Kier molecular flexibility index (Phi) is 3.92. The van der Waals surface area contributed by atoms with Crippen molar-refractivity contribution in [1.29, 1.82) is 0 Å². The zero-order valence-electron chi connectivity index (χ0n) is 13.4. The Morgan fingerprint density at radius 2 is 1.60 bits per heavy atom. The van der Waals surface area contributed by atoms with Gasteiger partial charge in [0.1, 0.15) is 0 Å². The highest BCUT2D eigenvalue weighted by molar-refractivity contribution is 6.11. The van der Waals surface area contributed by atoms with Crippen LogP contribution in [0.3, 0.4) is 0 Å². The van der Waals surface area contributed by atoms with Gasteiger partial charge >= 0.3 is 0 Å². The van der Waals surface area contributed by atoms with Crippen molar-refractivity contribution in [3.8, 4) is 0 Å². The van der Waals surface area contributed by atoms with Gasteiger partial charge in [-0.25, -0.2) is 0 Å². The predicted octanol–water partition coefficient (Wildman–Crippen LogP) is 4.61. The summed E-state index contributed by atoms with van der Waals surface area (Å²) < 4.78 is 0. The van der Waals surface area contributed by atoms with Gasteiger partial charge in [-0.2, -0.15) is 0 Å². The summed E-state index contributed by atoms with van der Waals surface area (Å²) in [6.07, 6.45) is 5.08. The molecular formula is C21H15N3O. The van der Waals surface area contributed by atoms with E-state index in [0.29, 0.717) is 16.9 Å². The lowest BCUT2D eigenvalue weighted by Gasteiger charge is -2.22. The van der Waals surface area contributed by atoms with E-state index in [1.165, 1.54) is 0 Å². The maximum Gasteiger partial charge on any atom is 0.262 e. The highest BCUT2D eigenvalue weighted by Crippen LogP contribution is 2.28. The first-order valence-electron chi connectivity index (χ1n) is 7.97. The zero-order valence-corrected chi connectivity index (χ0v) is 13.4. The molecule has 0 saturated heterocycles. The van der Waals surface area contributed by atoms with Gasteiger partial charge in [0, 0.05) is 17.1 Å². The highest BCUT2D eigenvalue weighted by atomic mass is 16.2. The van der Waals surface area contributed by atoms with Crippen LogP contribution >= 0.6 is 0 Å². The van der Waals surface area contributed by atoms with Crippen molar-refractivity contribution in [2.24, 2.45) is 0 Å². The van der Waals surface area contributed by atoms with Crippen LogP contribution in [-0.4, -0.2) is 15.9 Å². The molecule has 4 rings (SSSR count). The Hall–Kier alpha value is -3.53. The molecule has 120 valence electrons. The van der Waals surface area contributed by atoms with E-state index in [1.54, 1.807) is 35.6 Å². The third-order valence-electron chi connectivity index (χ3n) is 3.96. The molecule has 0 fully saturated rings. The molecule has 0 aliphatic heterocycles. The largest absolute Gasteiger partial charge is 0.274 e. The molecule has 4 heteroatoms. The summed E-state index contributed by atoms with van der Waals surface area (Å²) in [5.74, 6) is -0.120. The molecule has 0 unspecified atom stereocenters. The van der Waals surface area contributed by atoms with E-state index in [-0.39, 0.29) is 5.91 Å². The number of amides is 1. The Morgan fingerprint density at radius 1 is 0.800 bits per heavy atom. The summed E-state index contributed by atoms with van der Waals surface area (Å²) in [6, 6.07) is 22.7. The van der Waals surface area contributed by atoms with Crippen LogP contribution in [0.2, 0.25) is 0 Å². The molecule has 4 aromatic rings. The van der Waals surface area contributed by atoms with E-state index >= 15 is 0 Å². The molecule has 0 atom stereocenters. The van der Waals surface area contributed by atoms with Gasteiger partial charge in [-0.3, -0.25) is 19.7 Å². The van der Waals surface area contributed by atoms with Crippen molar-refractivity contribution >= 4 is 28.2 Å². The fourth-order valence-electron chi connectivity index (χ4n) is 2.76. The minimum Gasteiger partial charge on any atom is -0.274 e. The molecule has 1 amide bonds. The molecule has 0 aliphatic carbocycles. The molecule has 2 aromatic carbocycles. The maximum atomic E-state index is 13.2. The standard InChI is InChI=1S/C21H15N3O/c25-21(16-7-2-1-3-8-16)24(18-10-6-12-22-14-18)19-13-17-9-4-5-11-20(17)23-15-19/h1-15H. The number of carbonyl (C=O) groups is 1. The highest BCUT2D eigenvalue weighted by Gasteiger charge is 2.20. The summed E-state index contributed by atoms with van der Waals surface area (Å²) in [4.78, 5) is 23.4. The Bertz CT molecular complexity index is 1020. The number of pyridine rings is 2. The Morgan fingerprint density at radius 3 is 2.40 bits per heavy atom. The van der Waals surface area contributed by atoms with E-state index in [0.717, 1.165) is 10.9 Å². The second kappa shape index (κ2) is 6.53. The van der Waals surface area contributed by atoms with Crippen molar-refractivity contribution in [2.45, 2.75) is 0 Å². The van der Waals surface area contributed by atoms with E-state index in [9.17, 15) is 4.79 Å². The van der Waals surface area contributed by atoms with E-state index in [2.05, 4.69) is 9.97 Å². The fraction of sp³-hybridized carbons (Fsp3) is 0. The zero-order chi connectivity index (χ0) is 17.1. The number of fused-ring (bicyclic) bond motifs is 1. The van der Waals surface area contributed by atoms with E-state index in [1.807, 2.05) is 60.7 Å². The number of benzene rings is 2. The van der Waals surface area contributed by atoms with Gasteiger partial charge in [0.15, 0.2) is 0 Å². The van der Waals surface area contributed by atoms with Gasteiger partial charge in [-0.05, 0) is 36.4 Å². The van der Waals surface area contributed by atoms with Crippen LogP contribution in [-0.2, 0) is 0 Å².